The molecule has 0 amide bonds. The minimum atomic E-state index is -0.553. The third kappa shape index (κ3) is 3.60. The first-order chi connectivity index (χ1) is 9.10. The van der Waals surface area contributed by atoms with Crippen LogP contribution in [-0.2, 0) is 0 Å². The van der Waals surface area contributed by atoms with Gasteiger partial charge in [-0.2, -0.15) is 5.26 Å². The molecule has 0 aliphatic heterocycles. The molecule has 2 rings (SSSR count). The van der Waals surface area contributed by atoms with Gasteiger partial charge in [0, 0.05) is 14.3 Å². The summed E-state index contributed by atoms with van der Waals surface area (Å²) in [6.45, 7) is 1.73. The second kappa shape index (κ2) is 6.25. The van der Waals surface area contributed by atoms with Gasteiger partial charge in [-0.25, -0.2) is 0 Å². The van der Waals surface area contributed by atoms with Crippen LogP contribution in [0.3, 0.4) is 0 Å². The Hall–Kier alpha value is -1.28. The quantitative estimate of drug-likeness (QED) is 0.897. The lowest BCUT2D eigenvalue weighted by atomic mass is 10.1. The van der Waals surface area contributed by atoms with Gasteiger partial charge in [-0.15, -0.1) is 0 Å². The Morgan fingerprint density at radius 3 is 2.68 bits per heavy atom. The zero-order valence-corrected chi connectivity index (χ0v) is 12.7. The predicted molar refractivity (Wildman–Crippen MR) is 80.1 cm³/mol. The number of hydrogen-bond acceptors (Lipinski definition) is 3. The minimum absolute atomic E-state index is 0.553. The Kier molecular flexibility index (Phi) is 4.65. The van der Waals surface area contributed by atoms with Crippen LogP contribution in [0.15, 0.2) is 56.7 Å². The molecule has 96 valence electrons. The van der Waals surface area contributed by atoms with Gasteiger partial charge in [-0.05, 0) is 42.8 Å². The van der Waals surface area contributed by atoms with Crippen molar-refractivity contribution >= 4 is 27.7 Å². The summed E-state index contributed by atoms with van der Waals surface area (Å²) in [6, 6.07) is 15.4. The van der Waals surface area contributed by atoms with Crippen molar-refractivity contribution in [2.75, 3.05) is 0 Å². The molecule has 0 radical (unpaired) electrons. The maximum atomic E-state index is 9.80. The molecule has 0 saturated heterocycles. The molecule has 0 saturated carbocycles. The van der Waals surface area contributed by atoms with Gasteiger partial charge in [-0.1, -0.05) is 39.8 Å². The molecule has 4 heteroatoms. The van der Waals surface area contributed by atoms with Crippen LogP contribution in [0, 0.1) is 11.3 Å². The van der Waals surface area contributed by atoms with Gasteiger partial charge in [-0.3, -0.25) is 0 Å². The van der Waals surface area contributed by atoms with Crippen LogP contribution in [0.4, 0.5) is 0 Å². The van der Waals surface area contributed by atoms with E-state index < -0.39 is 6.10 Å². The molecular weight excluding hydrogens is 322 g/mol. The summed E-state index contributed by atoms with van der Waals surface area (Å²) in [5, 5.41) is 18.8. The third-order valence-electron chi connectivity index (χ3n) is 2.62. The molecule has 0 fully saturated rings. The SMILES string of the molecule is C[C@@H](O)c1ccc(C#N)cc1Sc1cccc(Br)c1. The Morgan fingerprint density at radius 1 is 1.26 bits per heavy atom. The third-order valence-corrected chi connectivity index (χ3v) is 4.17. The van der Waals surface area contributed by atoms with Crippen molar-refractivity contribution in [3.05, 3.63) is 58.1 Å². The highest BCUT2D eigenvalue weighted by molar-refractivity contribution is 9.10. The number of halogens is 1. The van der Waals surface area contributed by atoms with E-state index in [9.17, 15) is 5.11 Å². The number of hydrogen-bond donors (Lipinski definition) is 1. The highest BCUT2D eigenvalue weighted by Gasteiger charge is 2.10. The molecule has 2 aromatic rings. The van der Waals surface area contributed by atoms with Crippen LogP contribution in [0.2, 0.25) is 0 Å². The molecule has 0 bridgehead atoms. The predicted octanol–water partition coefficient (Wildman–Crippen LogP) is 4.53. The van der Waals surface area contributed by atoms with Crippen LogP contribution in [0.5, 0.6) is 0 Å². The summed E-state index contributed by atoms with van der Waals surface area (Å²) in [7, 11) is 0. The molecule has 1 atom stereocenters. The minimum Gasteiger partial charge on any atom is -0.389 e. The van der Waals surface area contributed by atoms with Crippen LogP contribution < -0.4 is 0 Å². The lowest BCUT2D eigenvalue weighted by molar-refractivity contribution is 0.196. The van der Waals surface area contributed by atoms with Crippen LogP contribution in [0.1, 0.15) is 24.2 Å². The Balaban J connectivity index is 2.40. The van der Waals surface area contributed by atoms with E-state index in [1.807, 2.05) is 36.4 Å². The van der Waals surface area contributed by atoms with Gasteiger partial charge in [0.05, 0.1) is 17.7 Å². The molecule has 19 heavy (non-hydrogen) atoms. The smallest absolute Gasteiger partial charge is 0.0992 e. The van der Waals surface area contributed by atoms with Crippen molar-refractivity contribution in [1.82, 2.24) is 0 Å². The second-order valence-electron chi connectivity index (χ2n) is 4.10. The topological polar surface area (TPSA) is 44.0 Å². The van der Waals surface area contributed by atoms with E-state index >= 15 is 0 Å². The average Bonchev–Trinajstić information content (AvgIpc) is 2.38. The van der Waals surface area contributed by atoms with E-state index in [-0.39, 0.29) is 0 Å². The highest BCUT2D eigenvalue weighted by Crippen LogP contribution is 2.35. The van der Waals surface area contributed by atoms with E-state index in [1.165, 1.54) is 0 Å². The van der Waals surface area contributed by atoms with Crippen LogP contribution in [0.25, 0.3) is 0 Å². The molecule has 0 heterocycles. The zero-order valence-electron chi connectivity index (χ0n) is 10.3. The highest BCUT2D eigenvalue weighted by atomic mass is 79.9. The number of aliphatic hydroxyl groups excluding tert-OH is 1. The Bertz CT molecular complexity index is 634. The number of nitriles is 1. The maximum absolute atomic E-state index is 9.80. The van der Waals surface area contributed by atoms with Gasteiger partial charge >= 0.3 is 0 Å². The van der Waals surface area contributed by atoms with Gasteiger partial charge in [0.2, 0.25) is 0 Å². The number of aliphatic hydroxyl groups is 1. The lowest BCUT2D eigenvalue weighted by Crippen LogP contribution is -1.94. The Morgan fingerprint density at radius 2 is 2.05 bits per heavy atom. The molecule has 0 aromatic heterocycles. The van der Waals surface area contributed by atoms with E-state index in [0.717, 1.165) is 19.8 Å². The fourth-order valence-corrected chi connectivity index (χ4v) is 3.37. The number of nitrogens with zero attached hydrogens (tertiary/aromatic N) is 1. The van der Waals surface area contributed by atoms with E-state index in [0.29, 0.717) is 5.56 Å². The molecule has 0 aliphatic rings. The first kappa shape index (κ1) is 14.1. The molecule has 2 aromatic carbocycles. The molecule has 2 nitrogen and oxygen atoms in total. The van der Waals surface area contributed by atoms with Crippen molar-refractivity contribution in [2.45, 2.75) is 22.8 Å². The summed E-state index contributed by atoms with van der Waals surface area (Å²) in [5.41, 5.74) is 1.44. The summed E-state index contributed by atoms with van der Waals surface area (Å²) in [4.78, 5) is 1.97. The fraction of sp³-hybridized carbons (Fsp3) is 0.133. The van der Waals surface area contributed by atoms with Gasteiger partial charge in [0.25, 0.3) is 0 Å². The lowest BCUT2D eigenvalue weighted by Gasteiger charge is -2.12. The summed E-state index contributed by atoms with van der Waals surface area (Å²) in [6.07, 6.45) is -0.553. The standard InChI is InChI=1S/C15H12BrNOS/c1-10(18)14-6-5-11(9-17)7-15(14)19-13-4-2-3-12(16)8-13/h2-8,10,18H,1H3/t10-/m1/s1. The van der Waals surface area contributed by atoms with E-state index in [1.54, 1.807) is 24.8 Å². The van der Waals surface area contributed by atoms with Gasteiger partial charge in [0.15, 0.2) is 0 Å². The van der Waals surface area contributed by atoms with Crippen LogP contribution >= 0.6 is 27.7 Å². The first-order valence-corrected chi connectivity index (χ1v) is 7.36. The zero-order chi connectivity index (χ0) is 13.8. The van der Waals surface area contributed by atoms with Gasteiger partial charge < -0.3 is 5.11 Å². The summed E-state index contributed by atoms with van der Waals surface area (Å²) < 4.78 is 1.01. The van der Waals surface area contributed by atoms with Crippen molar-refractivity contribution in [2.24, 2.45) is 0 Å². The average molecular weight is 334 g/mol. The molecule has 0 aliphatic carbocycles. The molecular formula is C15H12BrNOS. The van der Waals surface area contributed by atoms with Crippen LogP contribution in [-0.4, -0.2) is 5.11 Å². The van der Waals surface area contributed by atoms with E-state index in [2.05, 4.69) is 22.0 Å². The molecule has 0 spiro atoms. The van der Waals surface area contributed by atoms with Crippen molar-refractivity contribution in [1.29, 1.82) is 5.26 Å². The van der Waals surface area contributed by atoms with Gasteiger partial charge in [0.1, 0.15) is 0 Å². The first-order valence-electron chi connectivity index (χ1n) is 5.75. The number of benzene rings is 2. The fourth-order valence-electron chi connectivity index (χ4n) is 1.69. The Labute approximate surface area is 125 Å². The van der Waals surface area contributed by atoms with Crippen molar-refractivity contribution < 1.29 is 5.11 Å². The normalized spacial score (nSPS) is 11.9. The summed E-state index contributed by atoms with van der Waals surface area (Å²) in [5.74, 6) is 0. The second-order valence-corrected chi connectivity index (χ2v) is 6.13. The van der Waals surface area contributed by atoms with Crippen molar-refractivity contribution in [3.8, 4) is 6.07 Å². The molecule has 1 N–H and O–H groups in total. The molecule has 0 unspecified atom stereocenters. The monoisotopic (exact) mass is 333 g/mol. The summed E-state index contributed by atoms with van der Waals surface area (Å²) >= 11 is 4.98. The maximum Gasteiger partial charge on any atom is 0.0992 e. The largest absolute Gasteiger partial charge is 0.389 e. The van der Waals surface area contributed by atoms with Crippen molar-refractivity contribution in [3.63, 3.8) is 0 Å². The van der Waals surface area contributed by atoms with E-state index in [4.69, 9.17) is 5.26 Å². The number of rotatable bonds is 3.